The minimum Gasteiger partial charge on any atom is -0.444 e. The number of hydrogen-bond acceptors (Lipinski definition) is 6. The third-order valence-corrected chi connectivity index (χ3v) is 4.17. The minimum absolute atomic E-state index is 0.00642. The first-order valence-corrected chi connectivity index (χ1v) is 9.01. The number of hydrogen-bond donors (Lipinski definition) is 2. The number of carbonyl (C=O) groups is 2. The van der Waals surface area contributed by atoms with E-state index in [-0.39, 0.29) is 11.3 Å². The molecule has 148 valence electrons. The SMILES string of the molecule is Cc1cc2cc(C(=O)/C(C#N)=C/N(C)C)n(S)c2cc1NC(=O)OC(C)(C)C. The van der Waals surface area contributed by atoms with Gasteiger partial charge in [-0.1, -0.05) is 12.8 Å². The van der Waals surface area contributed by atoms with Crippen LogP contribution in [0.1, 0.15) is 36.8 Å². The molecule has 0 aliphatic carbocycles. The summed E-state index contributed by atoms with van der Waals surface area (Å²) in [6.07, 6.45) is 0.901. The normalized spacial score (nSPS) is 11.9. The van der Waals surface area contributed by atoms with Gasteiger partial charge >= 0.3 is 6.09 Å². The van der Waals surface area contributed by atoms with E-state index in [4.69, 9.17) is 4.74 Å². The lowest BCUT2D eigenvalue weighted by Crippen LogP contribution is -2.27. The van der Waals surface area contributed by atoms with Crippen LogP contribution in [-0.4, -0.2) is 40.4 Å². The predicted molar refractivity (Wildman–Crippen MR) is 113 cm³/mol. The number of rotatable bonds is 4. The van der Waals surface area contributed by atoms with E-state index in [2.05, 4.69) is 18.1 Å². The zero-order valence-corrected chi connectivity index (χ0v) is 17.7. The topological polar surface area (TPSA) is 87.4 Å². The minimum atomic E-state index is -0.613. The lowest BCUT2D eigenvalue weighted by molar-refractivity contribution is 0.0635. The molecule has 0 bridgehead atoms. The lowest BCUT2D eigenvalue weighted by atomic mass is 10.1. The fourth-order valence-corrected chi connectivity index (χ4v) is 2.92. The van der Waals surface area contributed by atoms with Gasteiger partial charge in [0.2, 0.25) is 5.78 Å². The average Bonchev–Trinajstić information content (AvgIpc) is 2.86. The van der Waals surface area contributed by atoms with Crippen LogP contribution in [0.4, 0.5) is 10.5 Å². The first-order chi connectivity index (χ1) is 12.9. The van der Waals surface area contributed by atoms with E-state index in [1.54, 1.807) is 51.9 Å². The van der Waals surface area contributed by atoms with Gasteiger partial charge < -0.3 is 9.64 Å². The van der Waals surface area contributed by atoms with Gasteiger partial charge in [-0.2, -0.15) is 5.26 Å². The van der Waals surface area contributed by atoms with E-state index in [1.165, 1.54) is 10.2 Å². The number of aromatic nitrogens is 1. The van der Waals surface area contributed by atoms with Gasteiger partial charge in [-0.05, 0) is 51.5 Å². The number of aryl methyl sites for hydroxylation is 1. The smallest absolute Gasteiger partial charge is 0.412 e. The van der Waals surface area contributed by atoms with Crippen molar-refractivity contribution in [2.75, 3.05) is 19.4 Å². The highest BCUT2D eigenvalue weighted by atomic mass is 32.1. The predicted octanol–water partition coefficient (Wildman–Crippen LogP) is 4.14. The molecular formula is C20H24N4O3S. The van der Waals surface area contributed by atoms with Gasteiger partial charge in [0.15, 0.2) is 0 Å². The second-order valence-corrected chi connectivity index (χ2v) is 8.04. The molecule has 0 atom stereocenters. The third kappa shape index (κ3) is 4.87. The highest BCUT2D eigenvalue weighted by Crippen LogP contribution is 2.29. The van der Waals surface area contributed by atoms with Crippen LogP contribution in [0, 0.1) is 18.3 Å². The molecule has 1 aromatic carbocycles. The summed E-state index contributed by atoms with van der Waals surface area (Å²) in [5, 5.41) is 12.8. The number of ether oxygens (including phenoxy) is 1. The van der Waals surface area contributed by atoms with Crippen molar-refractivity contribution >= 4 is 41.3 Å². The van der Waals surface area contributed by atoms with Crippen molar-refractivity contribution in [3.8, 4) is 6.07 Å². The van der Waals surface area contributed by atoms with Crippen molar-refractivity contribution in [2.45, 2.75) is 33.3 Å². The quantitative estimate of drug-likeness (QED) is 0.349. The number of fused-ring (bicyclic) bond motifs is 1. The van der Waals surface area contributed by atoms with Crippen LogP contribution in [0.5, 0.6) is 0 Å². The van der Waals surface area contributed by atoms with Crippen LogP contribution in [0.3, 0.4) is 0 Å². The zero-order valence-electron chi connectivity index (χ0n) is 16.8. The van der Waals surface area contributed by atoms with Crippen LogP contribution >= 0.6 is 12.8 Å². The Morgan fingerprint density at radius 2 is 1.93 bits per heavy atom. The summed E-state index contributed by atoms with van der Waals surface area (Å²) < 4.78 is 6.70. The maximum Gasteiger partial charge on any atom is 0.412 e. The van der Waals surface area contributed by atoms with Gasteiger partial charge in [0.25, 0.3) is 0 Å². The number of thiol groups is 1. The van der Waals surface area contributed by atoms with Crippen LogP contribution in [-0.2, 0) is 4.74 Å². The molecule has 0 fully saturated rings. The molecule has 1 N–H and O–H groups in total. The summed E-state index contributed by atoms with van der Waals surface area (Å²) in [5.41, 5.74) is 1.65. The molecule has 0 aliphatic heterocycles. The Labute approximate surface area is 170 Å². The molecule has 2 rings (SSSR count). The Hall–Kier alpha value is -2.92. The number of nitrogens with zero attached hydrogens (tertiary/aromatic N) is 3. The Kier molecular flexibility index (Phi) is 6.10. The van der Waals surface area contributed by atoms with E-state index in [0.29, 0.717) is 11.2 Å². The van der Waals surface area contributed by atoms with Gasteiger partial charge in [0, 0.05) is 31.4 Å². The molecule has 0 radical (unpaired) electrons. The monoisotopic (exact) mass is 400 g/mol. The van der Waals surface area contributed by atoms with Crippen molar-refractivity contribution in [1.29, 1.82) is 5.26 Å². The summed E-state index contributed by atoms with van der Waals surface area (Å²) >= 11 is 4.42. The summed E-state index contributed by atoms with van der Waals surface area (Å²) in [4.78, 5) is 26.4. The van der Waals surface area contributed by atoms with Gasteiger partial charge in [-0.3, -0.25) is 14.1 Å². The molecular weight excluding hydrogens is 376 g/mol. The molecule has 7 nitrogen and oxygen atoms in total. The lowest BCUT2D eigenvalue weighted by Gasteiger charge is -2.20. The molecule has 28 heavy (non-hydrogen) atoms. The first kappa shape index (κ1) is 21.4. The fourth-order valence-electron chi connectivity index (χ4n) is 2.60. The first-order valence-electron chi connectivity index (χ1n) is 8.61. The van der Waals surface area contributed by atoms with E-state index in [9.17, 15) is 14.9 Å². The number of Topliss-reactive ketones (excluding diaryl/α,β-unsaturated/α-hetero) is 1. The Morgan fingerprint density at radius 3 is 2.46 bits per heavy atom. The molecule has 2 aromatic rings. The number of ketones is 1. The Bertz CT molecular complexity index is 1010. The molecule has 1 amide bonds. The molecule has 0 unspecified atom stereocenters. The van der Waals surface area contributed by atoms with Crippen molar-refractivity contribution in [2.24, 2.45) is 0 Å². The zero-order chi connectivity index (χ0) is 21.2. The van der Waals surface area contributed by atoms with Crippen LogP contribution in [0.2, 0.25) is 0 Å². The molecule has 0 spiro atoms. The van der Waals surface area contributed by atoms with Gasteiger partial charge in [0.1, 0.15) is 22.9 Å². The van der Waals surface area contributed by atoms with E-state index in [1.807, 2.05) is 19.1 Å². The van der Waals surface area contributed by atoms with E-state index in [0.717, 1.165) is 10.9 Å². The van der Waals surface area contributed by atoms with Gasteiger partial charge in [-0.25, -0.2) is 4.79 Å². The third-order valence-electron chi connectivity index (χ3n) is 3.74. The molecule has 1 heterocycles. The highest BCUT2D eigenvalue weighted by Gasteiger charge is 2.21. The van der Waals surface area contributed by atoms with Crippen LogP contribution in [0.25, 0.3) is 10.9 Å². The number of nitrogens with one attached hydrogen (secondary N) is 1. The number of benzene rings is 1. The van der Waals surface area contributed by atoms with Crippen molar-refractivity contribution in [3.63, 3.8) is 0 Å². The summed E-state index contributed by atoms with van der Waals surface area (Å²) in [6, 6.07) is 7.16. The van der Waals surface area contributed by atoms with Crippen LogP contribution < -0.4 is 5.32 Å². The molecule has 1 aromatic heterocycles. The largest absolute Gasteiger partial charge is 0.444 e. The van der Waals surface area contributed by atoms with E-state index < -0.39 is 17.5 Å². The fraction of sp³-hybridized carbons (Fsp3) is 0.350. The van der Waals surface area contributed by atoms with Gasteiger partial charge in [0.05, 0.1) is 5.52 Å². The number of amides is 1. The summed E-state index contributed by atoms with van der Waals surface area (Å²) in [6.45, 7) is 7.20. The molecule has 0 aliphatic rings. The van der Waals surface area contributed by atoms with Crippen LogP contribution in [0.15, 0.2) is 30.0 Å². The molecule has 0 saturated carbocycles. The van der Waals surface area contributed by atoms with Crippen molar-refractivity contribution in [1.82, 2.24) is 8.87 Å². The summed E-state index contributed by atoms with van der Waals surface area (Å²) in [7, 11) is 3.47. The summed E-state index contributed by atoms with van der Waals surface area (Å²) in [5.74, 6) is -0.429. The maximum atomic E-state index is 12.7. The standard InChI is InChI=1S/C20H24N4O3S/c1-12-7-13-8-17(18(25)14(10-21)11-23(5)6)24(28)16(13)9-15(12)22-19(26)27-20(2,3)4/h7-9,11,28H,1-6H3,(H,22,26)/b14-11+. The van der Waals surface area contributed by atoms with E-state index >= 15 is 0 Å². The van der Waals surface area contributed by atoms with Gasteiger partial charge in [-0.15, -0.1) is 0 Å². The second kappa shape index (κ2) is 7.98. The second-order valence-electron chi connectivity index (χ2n) is 7.64. The number of allylic oxidation sites excluding steroid dienone is 1. The number of nitriles is 1. The maximum absolute atomic E-state index is 12.7. The Morgan fingerprint density at radius 1 is 1.29 bits per heavy atom. The highest BCUT2D eigenvalue weighted by molar-refractivity contribution is 7.78. The number of carbonyl (C=O) groups excluding carboxylic acids is 2. The number of anilines is 1. The average molecular weight is 401 g/mol. The van der Waals surface area contributed by atoms with Crippen molar-refractivity contribution in [3.05, 3.63) is 41.2 Å². The Balaban J connectivity index is 2.45. The molecule has 0 saturated heterocycles. The molecule has 8 heteroatoms. The van der Waals surface area contributed by atoms with Crippen molar-refractivity contribution < 1.29 is 14.3 Å².